The SMILES string of the molecule is Cc1cccc(Cl)c1Oc1cc(=O)oc2cccc(C)c12. The highest BCUT2D eigenvalue weighted by Gasteiger charge is 2.13. The van der Waals surface area contributed by atoms with Crippen molar-refractivity contribution in [3.8, 4) is 11.5 Å². The van der Waals surface area contributed by atoms with Gasteiger partial charge in [0.25, 0.3) is 0 Å². The molecule has 0 unspecified atom stereocenters. The minimum Gasteiger partial charge on any atom is -0.454 e. The number of fused-ring (bicyclic) bond motifs is 1. The number of rotatable bonds is 2. The molecule has 0 aliphatic carbocycles. The van der Waals surface area contributed by atoms with Crippen LogP contribution < -0.4 is 10.4 Å². The lowest BCUT2D eigenvalue weighted by molar-refractivity contribution is 0.472. The van der Waals surface area contributed by atoms with Gasteiger partial charge in [-0.3, -0.25) is 0 Å². The highest BCUT2D eigenvalue weighted by molar-refractivity contribution is 6.32. The van der Waals surface area contributed by atoms with Gasteiger partial charge in [0, 0.05) is 0 Å². The Kier molecular flexibility index (Phi) is 3.43. The standard InChI is InChI=1S/C17H13ClO3/c1-10-5-4-8-13-16(10)14(9-15(19)20-13)21-17-11(2)6-3-7-12(17)18/h3-9H,1-2H3. The van der Waals surface area contributed by atoms with Crippen LogP contribution in [0.15, 0.2) is 51.7 Å². The molecule has 0 aliphatic heterocycles. The lowest BCUT2D eigenvalue weighted by Crippen LogP contribution is -2.00. The predicted octanol–water partition coefficient (Wildman–Crippen LogP) is 4.86. The van der Waals surface area contributed by atoms with Crippen LogP contribution in [0.3, 0.4) is 0 Å². The van der Waals surface area contributed by atoms with Crippen LogP contribution in [0.4, 0.5) is 0 Å². The highest BCUT2D eigenvalue weighted by atomic mass is 35.5. The van der Waals surface area contributed by atoms with E-state index in [1.807, 2.05) is 38.1 Å². The fourth-order valence-electron chi connectivity index (χ4n) is 2.30. The van der Waals surface area contributed by atoms with Crippen molar-refractivity contribution in [3.05, 3.63) is 69.0 Å². The molecule has 0 spiro atoms. The lowest BCUT2D eigenvalue weighted by atomic mass is 10.1. The molecular weight excluding hydrogens is 288 g/mol. The third-order valence-corrected chi connectivity index (χ3v) is 3.61. The molecule has 2 aromatic carbocycles. The Labute approximate surface area is 126 Å². The zero-order valence-electron chi connectivity index (χ0n) is 11.6. The lowest BCUT2D eigenvalue weighted by Gasteiger charge is -2.12. The van der Waals surface area contributed by atoms with Gasteiger partial charge in [-0.1, -0.05) is 35.9 Å². The topological polar surface area (TPSA) is 39.4 Å². The summed E-state index contributed by atoms with van der Waals surface area (Å²) in [6.07, 6.45) is 0. The minimum atomic E-state index is -0.451. The average molecular weight is 301 g/mol. The van der Waals surface area contributed by atoms with Crippen molar-refractivity contribution >= 4 is 22.6 Å². The highest BCUT2D eigenvalue weighted by Crippen LogP contribution is 2.36. The molecule has 0 N–H and O–H groups in total. The molecule has 21 heavy (non-hydrogen) atoms. The van der Waals surface area contributed by atoms with Crippen LogP contribution in [0.1, 0.15) is 11.1 Å². The first-order valence-electron chi connectivity index (χ1n) is 6.52. The number of hydrogen-bond donors (Lipinski definition) is 0. The number of para-hydroxylation sites is 1. The van der Waals surface area contributed by atoms with Crippen LogP contribution in [-0.4, -0.2) is 0 Å². The predicted molar refractivity (Wildman–Crippen MR) is 83.5 cm³/mol. The summed E-state index contributed by atoms with van der Waals surface area (Å²) in [6, 6.07) is 12.4. The fraction of sp³-hybridized carbons (Fsp3) is 0.118. The molecular formula is C17H13ClO3. The average Bonchev–Trinajstić information content (AvgIpc) is 2.42. The van der Waals surface area contributed by atoms with E-state index in [2.05, 4.69) is 0 Å². The largest absolute Gasteiger partial charge is 0.454 e. The smallest absolute Gasteiger partial charge is 0.339 e. The summed E-state index contributed by atoms with van der Waals surface area (Å²) in [7, 11) is 0. The number of halogens is 1. The molecule has 1 heterocycles. The maximum absolute atomic E-state index is 11.7. The molecule has 0 radical (unpaired) electrons. The van der Waals surface area contributed by atoms with E-state index in [1.54, 1.807) is 12.1 Å². The van der Waals surface area contributed by atoms with E-state index in [0.717, 1.165) is 16.5 Å². The maximum Gasteiger partial charge on any atom is 0.339 e. The molecule has 106 valence electrons. The molecule has 3 nitrogen and oxygen atoms in total. The molecule has 0 saturated heterocycles. The molecule has 0 saturated carbocycles. The number of aryl methyl sites for hydroxylation is 2. The van der Waals surface area contributed by atoms with Crippen LogP contribution in [-0.2, 0) is 0 Å². The van der Waals surface area contributed by atoms with Gasteiger partial charge >= 0.3 is 5.63 Å². The van der Waals surface area contributed by atoms with E-state index in [0.29, 0.717) is 22.1 Å². The molecule has 4 heteroatoms. The summed E-state index contributed by atoms with van der Waals surface area (Å²) in [5, 5.41) is 1.28. The van der Waals surface area contributed by atoms with Crippen molar-refractivity contribution in [2.75, 3.05) is 0 Å². The van der Waals surface area contributed by atoms with Crippen LogP contribution in [0, 0.1) is 13.8 Å². The third-order valence-electron chi connectivity index (χ3n) is 3.32. The Morgan fingerprint density at radius 1 is 1.05 bits per heavy atom. The van der Waals surface area contributed by atoms with Crippen molar-refractivity contribution in [1.29, 1.82) is 0 Å². The Morgan fingerprint density at radius 3 is 2.52 bits per heavy atom. The van der Waals surface area contributed by atoms with Gasteiger partial charge in [-0.2, -0.15) is 0 Å². The van der Waals surface area contributed by atoms with E-state index in [4.69, 9.17) is 20.8 Å². The van der Waals surface area contributed by atoms with E-state index in [1.165, 1.54) is 6.07 Å². The fourth-order valence-corrected chi connectivity index (χ4v) is 2.56. The van der Waals surface area contributed by atoms with Crippen molar-refractivity contribution in [3.63, 3.8) is 0 Å². The third kappa shape index (κ3) is 2.52. The van der Waals surface area contributed by atoms with Gasteiger partial charge in [-0.15, -0.1) is 0 Å². The van der Waals surface area contributed by atoms with Crippen molar-refractivity contribution in [2.45, 2.75) is 13.8 Å². The van der Waals surface area contributed by atoms with Crippen LogP contribution in [0.2, 0.25) is 5.02 Å². The summed E-state index contributed by atoms with van der Waals surface area (Å²) in [6.45, 7) is 3.84. The maximum atomic E-state index is 11.7. The van der Waals surface area contributed by atoms with Crippen LogP contribution in [0.25, 0.3) is 11.0 Å². The van der Waals surface area contributed by atoms with E-state index >= 15 is 0 Å². The number of ether oxygens (including phenoxy) is 1. The zero-order chi connectivity index (χ0) is 15.0. The summed E-state index contributed by atoms with van der Waals surface area (Å²) < 4.78 is 11.1. The first-order chi connectivity index (χ1) is 10.1. The van der Waals surface area contributed by atoms with E-state index in [9.17, 15) is 4.79 Å². The Hall–Kier alpha value is -2.26. The van der Waals surface area contributed by atoms with Crippen molar-refractivity contribution in [2.24, 2.45) is 0 Å². The first-order valence-corrected chi connectivity index (χ1v) is 6.90. The molecule has 3 rings (SSSR count). The van der Waals surface area contributed by atoms with Gasteiger partial charge in [0.05, 0.1) is 16.5 Å². The molecule has 1 aromatic heterocycles. The number of benzene rings is 2. The number of hydrogen-bond acceptors (Lipinski definition) is 3. The second-order valence-corrected chi connectivity index (χ2v) is 5.27. The summed E-state index contributed by atoms with van der Waals surface area (Å²) in [5.74, 6) is 1.00. The van der Waals surface area contributed by atoms with Crippen LogP contribution in [0.5, 0.6) is 11.5 Å². The van der Waals surface area contributed by atoms with E-state index in [-0.39, 0.29) is 0 Å². The minimum absolute atomic E-state index is 0.451. The molecule has 0 bridgehead atoms. The van der Waals surface area contributed by atoms with Gasteiger partial charge < -0.3 is 9.15 Å². The molecule has 0 atom stereocenters. The van der Waals surface area contributed by atoms with Crippen molar-refractivity contribution < 1.29 is 9.15 Å². The Morgan fingerprint density at radius 2 is 1.76 bits per heavy atom. The first kappa shape index (κ1) is 13.7. The molecule has 3 aromatic rings. The second kappa shape index (κ2) is 5.26. The molecule has 0 amide bonds. The monoisotopic (exact) mass is 300 g/mol. The van der Waals surface area contributed by atoms with Crippen LogP contribution >= 0.6 is 11.6 Å². The summed E-state index contributed by atoms with van der Waals surface area (Å²) >= 11 is 6.18. The van der Waals surface area contributed by atoms with Gasteiger partial charge in [0.1, 0.15) is 17.1 Å². The zero-order valence-corrected chi connectivity index (χ0v) is 12.4. The second-order valence-electron chi connectivity index (χ2n) is 4.87. The quantitative estimate of drug-likeness (QED) is 0.635. The summed E-state index contributed by atoms with van der Waals surface area (Å²) in [5.41, 5.74) is 1.92. The Bertz CT molecular complexity index is 861. The van der Waals surface area contributed by atoms with Gasteiger partial charge in [0.2, 0.25) is 0 Å². The van der Waals surface area contributed by atoms with Gasteiger partial charge in [0.15, 0.2) is 0 Å². The molecule has 0 aliphatic rings. The van der Waals surface area contributed by atoms with Gasteiger partial charge in [-0.25, -0.2) is 4.79 Å². The molecule has 0 fully saturated rings. The normalized spacial score (nSPS) is 10.8. The van der Waals surface area contributed by atoms with Crippen molar-refractivity contribution in [1.82, 2.24) is 0 Å². The Balaban J connectivity index is 2.23. The van der Waals surface area contributed by atoms with E-state index < -0.39 is 5.63 Å². The summed E-state index contributed by atoms with van der Waals surface area (Å²) in [4.78, 5) is 11.7. The van der Waals surface area contributed by atoms with Gasteiger partial charge in [-0.05, 0) is 37.1 Å².